The molecule has 30 heavy (non-hydrogen) atoms. The lowest BCUT2D eigenvalue weighted by Gasteiger charge is -2.39. The summed E-state index contributed by atoms with van der Waals surface area (Å²) in [6.45, 7) is 4.94. The molecule has 5 nitrogen and oxygen atoms in total. The molecule has 1 heterocycles. The van der Waals surface area contributed by atoms with Gasteiger partial charge in [0.15, 0.2) is 15.8 Å². The van der Waals surface area contributed by atoms with Gasteiger partial charge < -0.3 is 10.2 Å². The molecule has 0 aromatic heterocycles. The van der Waals surface area contributed by atoms with E-state index in [0.717, 1.165) is 36.6 Å². The number of aliphatic imine (C=N–C) groups is 1. The van der Waals surface area contributed by atoms with Crippen molar-refractivity contribution in [2.45, 2.75) is 31.6 Å². The first kappa shape index (κ1) is 24.7. The summed E-state index contributed by atoms with van der Waals surface area (Å²) in [5, 5.41) is 3.46. The van der Waals surface area contributed by atoms with Gasteiger partial charge in [-0.2, -0.15) is 0 Å². The molecule has 2 unspecified atom stereocenters. The van der Waals surface area contributed by atoms with Crippen LogP contribution >= 0.6 is 24.0 Å². The zero-order valence-electron chi connectivity index (χ0n) is 17.9. The van der Waals surface area contributed by atoms with Crippen molar-refractivity contribution in [1.82, 2.24) is 10.2 Å². The fourth-order valence-electron chi connectivity index (χ4n) is 4.10. The summed E-state index contributed by atoms with van der Waals surface area (Å²) in [5.74, 6) is 2.15. The SMILES string of the molecule is CN=C(NCc1ccc(CS(C)(=O)=O)cc1)N1CCC(c2ccccc2)C(C)C1.I. The minimum atomic E-state index is -3.01. The van der Waals surface area contributed by atoms with Crippen molar-refractivity contribution in [3.8, 4) is 0 Å². The third kappa shape index (κ3) is 6.97. The third-order valence-corrected chi connectivity index (χ3v) is 6.40. The molecule has 2 aromatic carbocycles. The molecular weight excluding hydrogens is 509 g/mol. The fraction of sp³-hybridized carbons (Fsp3) is 0.435. The van der Waals surface area contributed by atoms with Crippen LogP contribution in [0, 0.1) is 5.92 Å². The largest absolute Gasteiger partial charge is 0.352 e. The third-order valence-electron chi connectivity index (χ3n) is 5.55. The van der Waals surface area contributed by atoms with E-state index in [0.29, 0.717) is 18.4 Å². The first-order valence-corrected chi connectivity index (χ1v) is 12.2. The summed E-state index contributed by atoms with van der Waals surface area (Å²) >= 11 is 0. The molecule has 0 amide bonds. The van der Waals surface area contributed by atoms with Crippen LogP contribution < -0.4 is 5.32 Å². The van der Waals surface area contributed by atoms with Crippen molar-refractivity contribution < 1.29 is 8.42 Å². The first-order chi connectivity index (χ1) is 13.9. The Balaban J connectivity index is 0.00000320. The van der Waals surface area contributed by atoms with Gasteiger partial charge in [0, 0.05) is 32.9 Å². The predicted octanol–water partition coefficient (Wildman–Crippen LogP) is 4.05. The van der Waals surface area contributed by atoms with Crippen LogP contribution in [0.4, 0.5) is 0 Å². The van der Waals surface area contributed by atoms with Gasteiger partial charge in [-0.15, -0.1) is 24.0 Å². The molecule has 1 aliphatic rings. The number of nitrogens with one attached hydrogen (secondary N) is 1. The molecule has 0 saturated carbocycles. The maximum Gasteiger partial charge on any atom is 0.193 e. The van der Waals surface area contributed by atoms with Crippen molar-refractivity contribution in [3.05, 3.63) is 71.3 Å². The molecule has 1 N–H and O–H groups in total. The number of likely N-dealkylation sites (tertiary alicyclic amines) is 1. The van der Waals surface area contributed by atoms with Crippen LogP contribution in [-0.4, -0.2) is 45.7 Å². The molecule has 0 aliphatic carbocycles. The quantitative estimate of drug-likeness (QED) is 0.353. The zero-order valence-corrected chi connectivity index (χ0v) is 21.1. The molecule has 7 heteroatoms. The van der Waals surface area contributed by atoms with Gasteiger partial charge in [-0.25, -0.2) is 8.42 Å². The van der Waals surface area contributed by atoms with Crippen LogP contribution in [0.15, 0.2) is 59.6 Å². The second-order valence-electron chi connectivity index (χ2n) is 8.02. The molecule has 164 valence electrons. The number of guanidine groups is 1. The van der Waals surface area contributed by atoms with Gasteiger partial charge in [-0.3, -0.25) is 4.99 Å². The Labute approximate surface area is 197 Å². The number of rotatable bonds is 5. The van der Waals surface area contributed by atoms with E-state index in [1.54, 1.807) is 0 Å². The molecule has 1 fully saturated rings. The summed E-state index contributed by atoms with van der Waals surface area (Å²) in [6, 6.07) is 18.5. The second-order valence-corrected chi connectivity index (χ2v) is 10.2. The Morgan fingerprint density at radius 3 is 2.30 bits per heavy atom. The molecular formula is C23H32IN3O2S. The van der Waals surface area contributed by atoms with E-state index in [2.05, 4.69) is 52.5 Å². The lowest BCUT2D eigenvalue weighted by atomic mass is 9.82. The van der Waals surface area contributed by atoms with Crippen molar-refractivity contribution in [1.29, 1.82) is 0 Å². The fourth-order valence-corrected chi connectivity index (χ4v) is 4.90. The van der Waals surface area contributed by atoms with E-state index in [9.17, 15) is 8.42 Å². The lowest BCUT2D eigenvalue weighted by molar-refractivity contribution is 0.234. The number of halogens is 1. The number of piperidine rings is 1. The summed E-state index contributed by atoms with van der Waals surface area (Å²) in [7, 11) is -1.18. The van der Waals surface area contributed by atoms with Gasteiger partial charge in [-0.05, 0) is 34.9 Å². The highest BCUT2D eigenvalue weighted by Crippen LogP contribution is 2.32. The Morgan fingerprint density at radius 2 is 1.73 bits per heavy atom. The number of benzene rings is 2. The highest BCUT2D eigenvalue weighted by molar-refractivity contribution is 14.0. The van der Waals surface area contributed by atoms with E-state index in [1.165, 1.54) is 11.8 Å². The predicted molar refractivity (Wildman–Crippen MR) is 135 cm³/mol. The Morgan fingerprint density at radius 1 is 1.10 bits per heavy atom. The first-order valence-electron chi connectivity index (χ1n) is 10.1. The molecule has 1 aliphatic heterocycles. The minimum Gasteiger partial charge on any atom is -0.352 e. The number of sulfone groups is 1. The Bertz CT molecular complexity index is 931. The average molecular weight is 541 g/mol. The molecule has 0 bridgehead atoms. The maximum atomic E-state index is 11.4. The molecule has 0 radical (unpaired) electrons. The van der Waals surface area contributed by atoms with Crippen LogP contribution in [0.2, 0.25) is 0 Å². The summed E-state index contributed by atoms with van der Waals surface area (Å²) in [6.07, 6.45) is 2.38. The topological polar surface area (TPSA) is 61.8 Å². The smallest absolute Gasteiger partial charge is 0.193 e. The minimum absolute atomic E-state index is 0. The standard InChI is InChI=1S/C23H31N3O2S.HI/c1-18-16-26(14-13-22(18)21-7-5-4-6-8-21)23(24-2)25-15-19-9-11-20(12-10-19)17-29(3,27)28;/h4-12,18,22H,13-17H2,1-3H3,(H,24,25);1H. The summed E-state index contributed by atoms with van der Waals surface area (Å²) in [4.78, 5) is 6.81. The van der Waals surface area contributed by atoms with E-state index in [1.807, 2.05) is 31.3 Å². The van der Waals surface area contributed by atoms with E-state index in [-0.39, 0.29) is 29.7 Å². The molecule has 2 atom stereocenters. The zero-order chi connectivity index (χ0) is 20.9. The number of nitrogens with zero attached hydrogens (tertiary/aromatic N) is 2. The normalized spacial score (nSPS) is 19.8. The summed E-state index contributed by atoms with van der Waals surface area (Å²) < 4.78 is 22.8. The van der Waals surface area contributed by atoms with Crippen LogP contribution in [0.3, 0.4) is 0 Å². The van der Waals surface area contributed by atoms with Gasteiger partial charge in [0.25, 0.3) is 0 Å². The lowest BCUT2D eigenvalue weighted by Crippen LogP contribution is -2.47. The molecule has 3 rings (SSSR count). The Hall–Kier alpha value is -1.61. The monoisotopic (exact) mass is 541 g/mol. The van der Waals surface area contributed by atoms with E-state index in [4.69, 9.17) is 0 Å². The number of hydrogen-bond acceptors (Lipinski definition) is 3. The van der Waals surface area contributed by atoms with Gasteiger partial charge in [0.1, 0.15) is 0 Å². The van der Waals surface area contributed by atoms with Crippen LogP contribution in [-0.2, 0) is 22.1 Å². The second kappa shape index (κ2) is 11.1. The molecule has 0 spiro atoms. The number of hydrogen-bond donors (Lipinski definition) is 1. The molecule has 1 saturated heterocycles. The van der Waals surface area contributed by atoms with Gasteiger partial charge in [-0.1, -0.05) is 61.5 Å². The average Bonchev–Trinajstić information content (AvgIpc) is 2.69. The highest BCUT2D eigenvalue weighted by Gasteiger charge is 2.28. The van der Waals surface area contributed by atoms with Crippen LogP contribution in [0.5, 0.6) is 0 Å². The highest BCUT2D eigenvalue weighted by atomic mass is 127. The van der Waals surface area contributed by atoms with Crippen LogP contribution in [0.25, 0.3) is 0 Å². The maximum absolute atomic E-state index is 11.4. The molecule has 2 aromatic rings. The summed E-state index contributed by atoms with van der Waals surface area (Å²) in [5.41, 5.74) is 3.35. The van der Waals surface area contributed by atoms with Gasteiger partial charge >= 0.3 is 0 Å². The Kier molecular flexibility index (Phi) is 9.15. The van der Waals surface area contributed by atoms with E-state index >= 15 is 0 Å². The van der Waals surface area contributed by atoms with E-state index < -0.39 is 9.84 Å². The van der Waals surface area contributed by atoms with Gasteiger partial charge in [0.2, 0.25) is 0 Å². The van der Waals surface area contributed by atoms with Gasteiger partial charge in [0.05, 0.1) is 5.75 Å². The van der Waals surface area contributed by atoms with Crippen molar-refractivity contribution >= 4 is 39.8 Å². The van der Waals surface area contributed by atoms with Crippen molar-refractivity contribution in [2.75, 3.05) is 26.4 Å². The van der Waals surface area contributed by atoms with Crippen LogP contribution in [0.1, 0.15) is 36.0 Å². The van der Waals surface area contributed by atoms with Crippen molar-refractivity contribution in [2.24, 2.45) is 10.9 Å². The van der Waals surface area contributed by atoms with Crippen molar-refractivity contribution in [3.63, 3.8) is 0 Å².